The molecule has 0 bridgehead atoms. The molecule has 2 aliphatic heterocycles. The van der Waals surface area contributed by atoms with Crippen LogP contribution in [0.2, 0.25) is 0 Å². The van der Waals surface area contributed by atoms with Crippen LogP contribution in [0.5, 0.6) is 0 Å². The van der Waals surface area contributed by atoms with Crippen molar-refractivity contribution in [3.8, 4) is 0 Å². The SMILES string of the molecule is C/C=C(\C)C1=CN2C=CN=CC2=NC1. The van der Waals surface area contributed by atoms with E-state index < -0.39 is 0 Å². The second kappa shape index (κ2) is 3.62. The molecule has 0 aromatic carbocycles. The van der Waals surface area contributed by atoms with Gasteiger partial charge in [-0.3, -0.25) is 9.98 Å². The maximum atomic E-state index is 4.43. The third kappa shape index (κ3) is 1.53. The largest absolute Gasteiger partial charge is 0.306 e. The molecule has 3 heteroatoms. The molecule has 0 aromatic rings. The molecule has 0 spiro atoms. The first-order valence-corrected chi connectivity index (χ1v) is 4.68. The van der Waals surface area contributed by atoms with Crippen LogP contribution in [-0.4, -0.2) is 23.5 Å². The van der Waals surface area contributed by atoms with Crippen molar-refractivity contribution in [1.82, 2.24) is 4.90 Å². The number of fused-ring (bicyclic) bond motifs is 1. The summed E-state index contributed by atoms with van der Waals surface area (Å²) in [6, 6.07) is 0. The van der Waals surface area contributed by atoms with Gasteiger partial charge in [-0.15, -0.1) is 0 Å². The highest BCUT2D eigenvalue weighted by atomic mass is 15.2. The molecule has 2 aliphatic rings. The Morgan fingerprint density at radius 2 is 2.43 bits per heavy atom. The lowest BCUT2D eigenvalue weighted by Gasteiger charge is -2.23. The molecule has 72 valence electrons. The van der Waals surface area contributed by atoms with Crippen molar-refractivity contribution < 1.29 is 0 Å². The molecule has 0 atom stereocenters. The average molecular weight is 187 g/mol. The van der Waals surface area contributed by atoms with E-state index in [1.165, 1.54) is 11.1 Å². The van der Waals surface area contributed by atoms with Crippen molar-refractivity contribution in [2.45, 2.75) is 13.8 Å². The summed E-state index contributed by atoms with van der Waals surface area (Å²) in [6.45, 7) is 4.90. The Bertz CT molecular complexity index is 383. The molecule has 0 saturated heterocycles. The Morgan fingerprint density at radius 1 is 1.57 bits per heavy atom. The minimum Gasteiger partial charge on any atom is -0.306 e. The van der Waals surface area contributed by atoms with Gasteiger partial charge in [0.05, 0.1) is 12.8 Å². The average Bonchev–Trinajstić information content (AvgIpc) is 2.27. The quantitative estimate of drug-likeness (QED) is 0.618. The van der Waals surface area contributed by atoms with Gasteiger partial charge in [-0.2, -0.15) is 0 Å². The highest BCUT2D eigenvalue weighted by Crippen LogP contribution is 2.16. The van der Waals surface area contributed by atoms with E-state index in [9.17, 15) is 0 Å². The fraction of sp³-hybridized carbons (Fsp3) is 0.273. The lowest BCUT2D eigenvalue weighted by Crippen LogP contribution is -2.27. The van der Waals surface area contributed by atoms with Crippen LogP contribution in [0, 0.1) is 0 Å². The number of amidine groups is 1. The molecule has 0 saturated carbocycles. The minimum absolute atomic E-state index is 0.752. The molecular weight excluding hydrogens is 174 g/mol. The predicted octanol–water partition coefficient (Wildman–Crippen LogP) is 2.11. The van der Waals surface area contributed by atoms with Crippen molar-refractivity contribution in [3.05, 3.63) is 35.8 Å². The lowest BCUT2D eigenvalue weighted by molar-refractivity contribution is 0.726. The van der Waals surface area contributed by atoms with Gasteiger partial charge >= 0.3 is 0 Å². The Kier molecular flexibility index (Phi) is 2.31. The second-order valence-electron chi connectivity index (χ2n) is 3.28. The summed E-state index contributed by atoms with van der Waals surface area (Å²) in [5.74, 6) is 0.917. The predicted molar refractivity (Wildman–Crippen MR) is 59.3 cm³/mol. The first-order valence-electron chi connectivity index (χ1n) is 4.68. The molecule has 0 aliphatic carbocycles. The molecule has 0 N–H and O–H groups in total. The van der Waals surface area contributed by atoms with E-state index in [4.69, 9.17) is 0 Å². The van der Waals surface area contributed by atoms with Crippen LogP contribution in [0.4, 0.5) is 0 Å². The normalized spacial score (nSPS) is 20.4. The van der Waals surface area contributed by atoms with Crippen LogP contribution >= 0.6 is 0 Å². The molecule has 0 radical (unpaired) electrons. The van der Waals surface area contributed by atoms with Gasteiger partial charge in [-0.1, -0.05) is 6.08 Å². The maximum Gasteiger partial charge on any atom is 0.150 e. The molecule has 0 aromatic heterocycles. The summed E-state index contributed by atoms with van der Waals surface area (Å²) in [6.07, 6.45) is 9.68. The summed E-state index contributed by atoms with van der Waals surface area (Å²) in [5.41, 5.74) is 2.54. The smallest absolute Gasteiger partial charge is 0.150 e. The Balaban J connectivity index is 2.26. The summed E-state index contributed by atoms with van der Waals surface area (Å²) in [7, 11) is 0. The lowest BCUT2D eigenvalue weighted by atomic mass is 10.1. The monoisotopic (exact) mass is 187 g/mol. The third-order valence-electron chi connectivity index (χ3n) is 2.41. The van der Waals surface area contributed by atoms with Gasteiger partial charge in [0.1, 0.15) is 0 Å². The number of aliphatic imine (C=N–C) groups is 2. The Hall–Kier alpha value is -1.64. The molecule has 0 amide bonds. The van der Waals surface area contributed by atoms with E-state index in [2.05, 4.69) is 29.2 Å². The number of allylic oxidation sites excluding steroid dienone is 1. The summed E-state index contributed by atoms with van der Waals surface area (Å²) in [4.78, 5) is 10.5. The Morgan fingerprint density at radius 3 is 3.21 bits per heavy atom. The molecule has 2 rings (SSSR count). The van der Waals surface area contributed by atoms with E-state index in [-0.39, 0.29) is 0 Å². The van der Waals surface area contributed by atoms with Gasteiger partial charge in [0.25, 0.3) is 0 Å². The van der Waals surface area contributed by atoms with Crippen LogP contribution in [-0.2, 0) is 0 Å². The molecule has 3 nitrogen and oxygen atoms in total. The zero-order valence-electron chi connectivity index (χ0n) is 8.44. The van der Waals surface area contributed by atoms with E-state index in [0.717, 1.165) is 12.4 Å². The van der Waals surface area contributed by atoms with Gasteiger partial charge in [0.15, 0.2) is 5.84 Å². The van der Waals surface area contributed by atoms with Crippen molar-refractivity contribution in [2.75, 3.05) is 6.54 Å². The maximum absolute atomic E-state index is 4.43. The van der Waals surface area contributed by atoms with Crippen LogP contribution in [0.3, 0.4) is 0 Å². The third-order valence-corrected chi connectivity index (χ3v) is 2.41. The standard InChI is InChI=1S/C11H13N3/c1-3-9(2)10-6-13-11-7-12-4-5-14(11)8-10/h3-5,7-8H,6H2,1-2H3/b9-3+. The highest BCUT2D eigenvalue weighted by Gasteiger charge is 2.13. The highest BCUT2D eigenvalue weighted by molar-refractivity contribution is 6.30. The molecular formula is C11H13N3. The fourth-order valence-electron chi connectivity index (χ4n) is 1.38. The molecule has 2 heterocycles. The van der Waals surface area contributed by atoms with Crippen LogP contribution in [0.25, 0.3) is 0 Å². The first-order chi connectivity index (χ1) is 6.81. The molecule has 14 heavy (non-hydrogen) atoms. The van der Waals surface area contributed by atoms with Gasteiger partial charge in [-0.25, -0.2) is 0 Å². The summed E-state index contributed by atoms with van der Waals surface area (Å²) >= 11 is 0. The fourth-order valence-corrected chi connectivity index (χ4v) is 1.38. The minimum atomic E-state index is 0.752. The zero-order chi connectivity index (χ0) is 9.97. The summed E-state index contributed by atoms with van der Waals surface area (Å²) < 4.78 is 0. The zero-order valence-corrected chi connectivity index (χ0v) is 8.44. The second-order valence-corrected chi connectivity index (χ2v) is 3.28. The molecule has 0 unspecified atom stereocenters. The molecule has 0 fully saturated rings. The summed E-state index contributed by atoms with van der Waals surface area (Å²) in [5, 5.41) is 0. The van der Waals surface area contributed by atoms with Crippen molar-refractivity contribution in [2.24, 2.45) is 9.98 Å². The van der Waals surface area contributed by atoms with Gasteiger partial charge in [0.2, 0.25) is 0 Å². The number of nitrogens with zero attached hydrogens (tertiary/aromatic N) is 3. The van der Waals surface area contributed by atoms with Crippen molar-refractivity contribution in [1.29, 1.82) is 0 Å². The van der Waals surface area contributed by atoms with E-state index >= 15 is 0 Å². The number of hydrogen-bond acceptors (Lipinski definition) is 3. The van der Waals surface area contributed by atoms with E-state index in [1.807, 2.05) is 18.0 Å². The van der Waals surface area contributed by atoms with Crippen LogP contribution in [0.1, 0.15) is 13.8 Å². The van der Waals surface area contributed by atoms with Crippen molar-refractivity contribution >= 4 is 12.1 Å². The van der Waals surface area contributed by atoms with Gasteiger partial charge < -0.3 is 4.90 Å². The van der Waals surface area contributed by atoms with Crippen molar-refractivity contribution in [3.63, 3.8) is 0 Å². The first kappa shape index (κ1) is 8.94. The van der Waals surface area contributed by atoms with Gasteiger partial charge in [0, 0.05) is 18.6 Å². The van der Waals surface area contributed by atoms with Crippen LogP contribution < -0.4 is 0 Å². The number of hydrogen-bond donors (Lipinski definition) is 0. The van der Waals surface area contributed by atoms with Crippen LogP contribution in [0.15, 0.2) is 45.8 Å². The number of rotatable bonds is 1. The topological polar surface area (TPSA) is 28.0 Å². The van der Waals surface area contributed by atoms with E-state index in [1.54, 1.807) is 12.4 Å². The Labute approximate surface area is 83.9 Å². The van der Waals surface area contributed by atoms with Gasteiger partial charge in [-0.05, 0) is 25.0 Å². The van der Waals surface area contributed by atoms with E-state index in [0.29, 0.717) is 0 Å².